The predicted molar refractivity (Wildman–Crippen MR) is 72.1 cm³/mol. The Morgan fingerprint density at radius 3 is 2.72 bits per heavy atom. The van der Waals surface area contributed by atoms with Crippen LogP contribution < -0.4 is 5.73 Å². The fourth-order valence-electron chi connectivity index (χ4n) is 1.75. The SMILES string of the molecule is CC.Cc1c[nH]c2ccc(-c3nc(N)no3)cc12. The summed E-state index contributed by atoms with van der Waals surface area (Å²) in [6.45, 7) is 6.05. The van der Waals surface area contributed by atoms with Crippen molar-refractivity contribution in [1.29, 1.82) is 0 Å². The first-order chi connectivity index (χ1) is 8.74. The molecule has 0 amide bonds. The summed E-state index contributed by atoms with van der Waals surface area (Å²) in [5.74, 6) is 0.598. The van der Waals surface area contributed by atoms with Crippen LogP contribution in [0.3, 0.4) is 0 Å². The topological polar surface area (TPSA) is 80.7 Å². The number of anilines is 1. The number of nitrogens with zero attached hydrogens (tertiary/aromatic N) is 2. The second-order valence-corrected chi connectivity index (χ2v) is 3.69. The lowest BCUT2D eigenvalue weighted by Crippen LogP contribution is -1.85. The van der Waals surface area contributed by atoms with Crippen molar-refractivity contribution >= 4 is 16.9 Å². The summed E-state index contributed by atoms with van der Waals surface area (Å²) in [7, 11) is 0. The Balaban J connectivity index is 0.000000574. The van der Waals surface area contributed by atoms with E-state index >= 15 is 0 Å². The van der Waals surface area contributed by atoms with Gasteiger partial charge in [-0.25, -0.2) is 0 Å². The molecule has 0 aliphatic carbocycles. The Morgan fingerprint density at radius 2 is 2.06 bits per heavy atom. The van der Waals surface area contributed by atoms with Crippen LogP contribution in [-0.2, 0) is 0 Å². The lowest BCUT2D eigenvalue weighted by Gasteiger charge is -1.95. The highest BCUT2D eigenvalue weighted by Crippen LogP contribution is 2.25. The van der Waals surface area contributed by atoms with Gasteiger partial charge in [-0.2, -0.15) is 4.98 Å². The Bertz CT molecular complexity index is 654. The minimum Gasteiger partial charge on any atom is -0.365 e. The Morgan fingerprint density at radius 1 is 1.28 bits per heavy atom. The van der Waals surface area contributed by atoms with E-state index in [0.29, 0.717) is 5.89 Å². The molecule has 0 unspecified atom stereocenters. The second kappa shape index (κ2) is 4.91. The molecule has 18 heavy (non-hydrogen) atoms. The summed E-state index contributed by atoms with van der Waals surface area (Å²) in [5, 5.41) is 4.71. The minimum atomic E-state index is 0.154. The highest BCUT2D eigenvalue weighted by Gasteiger charge is 2.08. The highest BCUT2D eigenvalue weighted by molar-refractivity contribution is 5.86. The van der Waals surface area contributed by atoms with E-state index in [0.717, 1.165) is 16.5 Å². The summed E-state index contributed by atoms with van der Waals surface area (Å²) in [6, 6.07) is 5.91. The molecule has 2 heterocycles. The van der Waals surface area contributed by atoms with E-state index in [9.17, 15) is 0 Å². The molecular formula is C13H16N4O. The van der Waals surface area contributed by atoms with Crippen LogP contribution in [0.1, 0.15) is 19.4 Å². The maximum atomic E-state index is 5.42. The number of nitrogen functional groups attached to an aromatic ring is 1. The Labute approximate surface area is 105 Å². The summed E-state index contributed by atoms with van der Waals surface area (Å²) in [6.07, 6.45) is 1.97. The van der Waals surface area contributed by atoms with Gasteiger partial charge in [-0.1, -0.05) is 13.8 Å². The fraction of sp³-hybridized carbons (Fsp3) is 0.231. The molecule has 94 valence electrons. The molecule has 3 aromatic rings. The number of aromatic amines is 1. The van der Waals surface area contributed by atoms with E-state index in [1.807, 2.05) is 45.2 Å². The molecule has 3 rings (SSSR count). The third kappa shape index (κ3) is 2.07. The Hall–Kier alpha value is -2.30. The van der Waals surface area contributed by atoms with Crippen LogP contribution in [0.15, 0.2) is 28.9 Å². The van der Waals surface area contributed by atoms with Crippen LogP contribution in [0, 0.1) is 6.92 Å². The van der Waals surface area contributed by atoms with Gasteiger partial charge in [-0.05, 0) is 35.8 Å². The van der Waals surface area contributed by atoms with Crippen molar-refractivity contribution in [2.45, 2.75) is 20.8 Å². The van der Waals surface area contributed by atoms with Crippen molar-refractivity contribution in [1.82, 2.24) is 15.1 Å². The molecule has 5 heteroatoms. The number of benzene rings is 1. The molecule has 0 aliphatic rings. The zero-order valence-corrected chi connectivity index (χ0v) is 10.7. The molecule has 0 fully saturated rings. The van der Waals surface area contributed by atoms with E-state index in [1.165, 1.54) is 5.56 Å². The monoisotopic (exact) mass is 244 g/mol. The van der Waals surface area contributed by atoms with Crippen LogP contribution in [-0.4, -0.2) is 15.1 Å². The van der Waals surface area contributed by atoms with Crippen molar-refractivity contribution < 1.29 is 4.52 Å². The van der Waals surface area contributed by atoms with Gasteiger partial charge in [0.1, 0.15) is 0 Å². The zero-order valence-electron chi connectivity index (χ0n) is 10.7. The maximum Gasteiger partial charge on any atom is 0.261 e. The molecule has 1 aromatic carbocycles. The van der Waals surface area contributed by atoms with Gasteiger partial charge in [0.2, 0.25) is 0 Å². The normalized spacial score (nSPS) is 10.2. The van der Waals surface area contributed by atoms with E-state index in [4.69, 9.17) is 10.3 Å². The van der Waals surface area contributed by atoms with Crippen LogP contribution in [0.4, 0.5) is 5.95 Å². The first-order valence-electron chi connectivity index (χ1n) is 5.91. The van der Waals surface area contributed by atoms with Crippen molar-refractivity contribution in [2.24, 2.45) is 0 Å². The third-order valence-electron chi connectivity index (χ3n) is 2.58. The van der Waals surface area contributed by atoms with Crippen molar-refractivity contribution in [3.63, 3.8) is 0 Å². The molecule has 0 saturated carbocycles. The zero-order chi connectivity index (χ0) is 13.1. The lowest BCUT2D eigenvalue weighted by molar-refractivity contribution is 0.433. The second-order valence-electron chi connectivity index (χ2n) is 3.69. The first-order valence-corrected chi connectivity index (χ1v) is 5.91. The molecule has 3 N–H and O–H groups in total. The highest BCUT2D eigenvalue weighted by atomic mass is 16.5. The van der Waals surface area contributed by atoms with Gasteiger partial charge >= 0.3 is 0 Å². The fourth-order valence-corrected chi connectivity index (χ4v) is 1.75. The number of nitrogens with two attached hydrogens (primary N) is 1. The number of rotatable bonds is 1. The van der Waals surface area contributed by atoms with Crippen molar-refractivity contribution in [3.8, 4) is 11.5 Å². The first kappa shape index (κ1) is 12.2. The lowest BCUT2D eigenvalue weighted by atomic mass is 10.1. The number of aromatic nitrogens is 3. The number of fused-ring (bicyclic) bond motifs is 1. The standard InChI is InChI=1S/C11H10N4O.C2H6/c1-6-5-13-9-3-2-7(4-8(6)9)10-14-11(12)15-16-10;1-2/h2-5,13H,1H3,(H2,12,15);1-2H3. The van der Waals surface area contributed by atoms with E-state index in [-0.39, 0.29) is 5.95 Å². The largest absolute Gasteiger partial charge is 0.365 e. The number of aryl methyl sites for hydroxylation is 1. The molecule has 0 spiro atoms. The van der Waals surface area contributed by atoms with E-state index in [1.54, 1.807) is 0 Å². The maximum absolute atomic E-state index is 5.42. The van der Waals surface area contributed by atoms with E-state index in [2.05, 4.69) is 15.1 Å². The average Bonchev–Trinajstić information content (AvgIpc) is 2.99. The summed E-state index contributed by atoms with van der Waals surface area (Å²) in [4.78, 5) is 7.17. The van der Waals surface area contributed by atoms with Gasteiger partial charge in [0.05, 0.1) is 0 Å². The molecule has 5 nitrogen and oxygen atoms in total. The minimum absolute atomic E-state index is 0.154. The summed E-state index contributed by atoms with van der Waals surface area (Å²) < 4.78 is 5.02. The molecule has 0 radical (unpaired) electrons. The summed E-state index contributed by atoms with van der Waals surface area (Å²) in [5.41, 5.74) is 8.57. The predicted octanol–water partition coefficient (Wildman–Crippen LogP) is 3.13. The van der Waals surface area contributed by atoms with Crippen LogP contribution in [0.25, 0.3) is 22.4 Å². The molecule has 0 atom stereocenters. The van der Waals surface area contributed by atoms with Crippen LogP contribution in [0.2, 0.25) is 0 Å². The molecule has 2 aromatic heterocycles. The number of nitrogens with one attached hydrogen (secondary N) is 1. The van der Waals surface area contributed by atoms with Crippen LogP contribution >= 0.6 is 0 Å². The number of hydrogen-bond donors (Lipinski definition) is 2. The third-order valence-corrected chi connectivity index (χ3v) is 2.58. The average molecular weight is 244 g/mol. The molecule has 0 saturated heterocycles. The molecule has 0 bridgehead atoms. The Kier molecular flexibility index (Phi) is 3.32. The van der Waals surface area contributed by atoms with E-state index < -0.39 is 0 Å². The van der Waals surface area contributed by atoms with Crippen molar-refractivity contribution in [3.05, 3.63) is 30.0 Å². The van der Waals surface area contributed by atoms with Gasteiger partial charge in [-0.15, -0.1) is 0 Å². The van der Waals surface area contributed by atoms with Gasteiger partial charge in [0.25, 0.3) is 11.8 Å². The molecular weight excluding hydrogens is 228 g/mol. The smallest absolute Gasteiger partial charge is 0.261 e. The van der Waals surface area contributed by atoms with Gasteiger partial charge in [0, 0.05) is 22.7 Å². The van der Waals surface area contributed by atoms with Crippen molar-refractivity contribution in [2.75, 3.05) is 5.73 Å². The van der Waals surface area contributed by atoms with Gasteiger partial charge < -0.3 is 15.2 Å². The van der Waals surface area contributed by atoms with Gasteiger partial charge in [-0.3, -0.25) is 0 Å². The quantitative estimate of drug-likeness (QED) is 0.689. The summed E-state index contributed by atoms with van der Waals surface area (Å²) >= 11 is 0. The number of H-pyrrole nitrogens is 1. The van der Waals surface area contributed by atoms with Crippen LogP contribution in [0.5, 0.6) is 0 Å². The number of hydrogen-bond acceptors (Lipinski definition) is 4. The van der Waals surface area contributed by atoms with Gasteiger partial charge in [0.15, 0.2) is 0 Å². The molecule has 0 aliphatic heterocycles.